The fourth-order valence-corrected chi connectivity index (χ4v) is 1.68. The summed E-state index contributed by atoms with van der Waals surface area (Å²) in [6, 6.07) is 5.64. The molecule has 18 heavy (non-hydrogen) atoms. The number of aliphatic hydroxyl groups is 1. The van der Waals surface area contributed by atoms with Crippen molar-refractivity contribution in [1.82, 2.24) is 4.98 Å². The number of benzene rings is 1. The van der Waals surface area contributed by atoms with Gasteiger partial charge in [0.1, 0.15) is 11.6 Å². The summed E-state index contributed by atoms with van der Waals surface area (Å²) in [5.74, 6) is 0.291. The van der Waals surface area contributed by atoms with Gasteiger partial charge >= 0.3 is 0 Å². The van der Waals surface area contributed by atoms with Crippen molar-refractivity contribution in [2.75, 3.05) is 0 Å². The Bertz CT molecular complexity index is 575. The third-order valence-electron chi connectivity index (χ3n) is 2.37. The second kappa shape index (κ2) is 5.33. The second-order valence-corrected chi connectivity index (χ2v) is 4.21. The molecular weight excluding hydrogens is 257 g/mol. The maximum absolute atomic E-state index is 12.9. The number of hydrogen-bond acceptors (Lipinski definition) is 3. The fourth-order valence-electron chi connectivity index (χ4n) is 1.48. The summed E-state index contributed by atoms with van der Waals surface area (Å²) in [5, 5.41) is 9.16. The van der Waals surface area contributed by atoms with Gasteiger partial charge in [-0.05, 0) is 36.8 Å². The van der Waals surface area contributed by atoms with Crippen molar-refractivity contribution in [1.29, 1.82) is 0 Å². The molecule has 0 spiro atoms. The summed E-state index contributed by atoms with van der Waals surface area (Å²) >= 11 is 5.86. The monoisotopic (exact) mass is 267 g/mol. The molecule has 0 saturated carbocycles. The van der Waals surface area contributed by atoms with E-state index in [0.29, 0.717) is 17.2 Å². The van der Waals surface area contributed by atoms with Gasteiger partial charge in [-0.2, -0.15) is 0 Å². The van der Waals surface area contributed by atoms with E-state index < -0.39 is 5.82 Å². The number of aliphatic hydroxyl groups excluding tert-OH is 1. The van der Waals surface area contributed by atoms with Crippen LogP contribution in [0.15, 0.2) is 30.5 Å². The Morgan fingerprint density at radius 1 is 1.39 bits per heavy atom. The third-order valence-corrected chi connectivity index (χ3v) is 2.67. The SMILES string of the molecule is Cc1cc(CO)cnc1Oc1ccc(F)cc1Cl. The van der Waals surface area contributed by atoms with Gasteiger partial charge in [0, 0.05) is 11.8 Å². The molecular formula is C13H11ClFNO2. The first-order valence-corrected chi connectivity index (χ1v) is 5.67. The summed E-state index contributed by atoms with van der Waals surface area (Å²) in [5.41, 5.74) is 1.46. The van der Waals surface area contributed by atoms with Crippen LogP contribution in [0.1, 0.15) is 11.1 Å². The average molecular weight is 268 g/mol. The van der Waals surface area contributed by atoms with E-state index >= 15 is 0 Å². The molecule has 2 aromatic rings. The normalized spacial score (nSPS) is 10.4. The smallest absolute Gasteiger partial charge is 0.222 e. The van der Waals surface area contributed by atoms with Crippen LogP contribution in [0.25, 0.3) is 0 Å². The van der Waals surface area contributed by atoms with E-state index in [1.54, 1.807) is 13.0 Å². The van der Waals surface area contributed by atoms with E-state index in [-0.39, 0.29) is 11.6 Å². The molecule has 0 saturated heterocycles. The molecule has 1 N–H and O–H groups in total. The van der Waals surface area contributed by atoms with Gasteiger partial charge in [0.05, 0.1) is 11.6 Å². The highest BCUT2D eigenvalue weighted by molar-refractivity contribution is 6.32. The molecule has 5 heteroatoms. The van der Waals surface area contributed by atoms with E-state index in [4.69, 9.17) is 21.4 Å². The number of rotatable bonds is 3. The van der Waals surface area contributed by atoms with Gasteiger partial charge in [-0.3, -0.25) is 0 Å². The van der Waals surface area contributed by atoms with E-state index in [1.165, 1.54) is 24.4 Å². The molecule has 94 valence electrons. The molecule has 1 heterocycles. The van der Waals surface area contributed by atoms with Crippen LogP contribution in [0.3, 0.4) is 0 Å². The Morgan fingerprint density at radius 2 is 2.17 bits per heavy atom. The van der Waals surface area contributed by atoms with Gasteiger partial charge in [-0.1, -0.05) is 11.6 Å². The van der Waals surface area contributed by atoms with Crippen LogP contribution in [-0.4, -0.2) is 10.1 Å². The van der Waals surface area contributed by atoms with Crippen molar-refractivity contribution >= 4 is 11.6 Å². The topological polar surface area (TPSA) is 42.4 Å². The van der Waals surface area contributed by atoms with Crippen LogP contribution in [0, 0.1) is 12.7 Å². The van der Waals surface area contributed by atoms with Crippen LogP contribution >= 0.6 is 11.6 Å². The van der Waals surface area contributed by atoms with Gasteiger partial charge in [0.2, 0.25) is 5.88 Å². The van der Waals surface area contributed by atoms with Gasteiger partial charge in [0.25, 0.3) is 0 Å². The molecule has 0 aliphatic heterocycles. The molecule has 1 aromatic heterocycles. The quantitative estimate of drug-likeness (QED) is 0.926. The third kappa shape index (κ3) is 2.78. The number of aryl methyl sites for hydroxylation is 1. The van der Waals surface area contributed by atoms with E-state index in [1.807, 2.05) is 0 Å². The molecule has 3 nitrogen and oxygen atoms in total. The Hall–Kier alpha value is -1.65. The van der Waals surface area contributed by atoms with Gasteiger partial charge in [-0.15, -0.1) is 0 Å². The zero-order valence-corrected chi connectivity index (χ0v) is 10.4. The van der Waals surface area contributed by atoms with Crippen molar-refractivity contribution in [2.24, 2.45) is 0 Å². The van der Waals surface area contributed by atoms with Crippen molar-refractivity contribution in [2.45, 2.75) is 13.5 Å². The Morgan fingerprint density at radius 3 is 2.78 bits per heavy atom. The molecule has 2 rings (SSSR count). The predicted molar refractivity (Wildman–Crippen MR) is 66.4 cm³/mol. The number of hydrogen-bond donors (Lipinski definition) is 1. The van der Waals surface area contributed by atoms with E-state index in [0.717, 1.165) is 5.56 Å². The van der Waals surface area contributed by atoms with Crippen LogP contribution in [-0.2, 0) is 6.61 Å². The highest BCUT2D eigenvalue weighted by Gasteiger charge is 2.08. The first-order valence-electron chi connectivity index (χ1n) is 5.29. The van der Waals surface area contributed by atoms with Crippen molar-refractivity contribution in [3.05, 3.63) is 52.4 Å². The predicted octanol–water partition coefficient (Wildman–Crippen LogP) is 3.47. The minimum atomic E-state index is -0.423. The lowest BCUT2D eigenvalue weighted by Gasteiger charge is -2.09. The van der Waals surface area contributed by atoms with Crippen LogP contribution in [0.2, 0.25) is 5.02 Å². The van der Waals surface area contributed by atoms with Crippen molar-refractivity contribution < 1.29 is 14.2 Å². The molecule has 0 amide bonds. The molecule has 1 aromatic carbocycles. The molecule has 0 aliphatic carbocycles. The number of halogens is 2. The lowest BCUT2D eigenvalue weighted by atomic mass is 10.2. The molecule has 0 bridgehead atoms. The summed E-state index contributed by atoms with van der Waals surface area (Å²) in [4.78, 5) is 4.07. The Labute approximate surface area is 109 Å². The Balaban J connectivity index is 2.28. The molecule has 0 atom stereocenters. The largest absolute Gasteiger partial charge is 0.437 e. The van der Waals surface area contributed by atoms with Gasteiger partial charge < -0.3 is 9.84 Å². The van der Waals surface area contributed by atoms with E-state index in [9.17, 15) is 4.39 Å². The lowest BCUT2D eigenvalue weighted by Crippen LogP contribution is -1.94. The highest BCUT2D eigenvalue weighted by atomic mass is 35.5. The summed E-state index contributed by atoms with van der Waals surface area (Å²) < 4.78 is 18.4. The van der Waals surface area contributed by atoms with Gasteiger partial charge in [0.15, 0.2) is 0 Å². The van der Waals surface area contributed by atoms with Crippen LogP contribution in [0.5, 0.6) is 11.6 Å². The van der Waals surface area contributed by atoms with Crippen LogP contribution in [0.4, 0.5) is 4.39 Å². The molecule has 0 radical (unpaired) electrons. The fraction of sp³-hybridized carbons (Fsp3) is 0.154. The van der Waals surface area contributed by atoms with Crippen LogP contribution < -0.4 is 4.74 Å². The zero-order valence-electron chi connectivity index (χ0n) is 9.65. The zero-order chi connectivity index (χ0) is 13.1. The Kier molecular flexibility index (Phi) is 3.79. The maximum atomic E-state index is 12.9. The number of pyridine rings is 1. The van der Waals surface area contributed by atoms with Crippen molar-refractivity contribution in [3.63, 3.8) is 0 Å². The average Bonchev–Trinajstić information content (AvgIpc) is 2.34. The minimum absolute atomic E-state index is 0.0780. The minimum Gasteiger partial charge on any atom is -0.437 e. The standard InChI is InChI=1S/C13H11ClFNO2/c1-8-4-9(7-17)6-16-13(8)18-12-3-2-10(15)5-11(12)14/h2-6,17H,7H2,1H3. The first kappa shape index (κ1) is 12.8. The summed E-state index contributed by atoms with van der Waals surface area (Å²) in [6.45, 7) is 1.73. The van der Waals surface area contributed by atoms with Crippen molar-refractivity contribution in [3.8, 4) is 11.6 Å². The second-order valence-electron chi connectivity index (χ2n) is 3.80. The number of aromatic nitrogens is 1. The molecule has 0 aliphatic rings. The lowest BCUT2D eigenvalue weighted by molar-refractivity contribution is 0.281. The summed E-state index contributed by atoms with van der Waals surface area (Å²) in [6.07, 6.45) is 1.51. The molecule has 0 unspecified atom stereocenters. The maximum Gasteiger partial charge on any atom is 0.222 e. The van der Waals surface area contributed by atoms with E-state index in [2.05, 4.69) is 4.98 Å². The summed E-state index contributed by atoms with van der Waals surface area (Å²) in [7, 11) is 0. The number of ether oxygens (including phenoxy) is 1. The number of nitrogens with zero attached hydrogens (tertiary/aromatic N) is 1. The first-order chi connectivity index (χ1) is 8.60. The highest BCUT2D eigenvalue weighted by Crippen LogP contribution is 2.30. The van der Waals surface area contributed by atoms with Gasteiger partial charge in [-0.25, -0.2) is 9.37 Å². The molecule has 0 fully saturated rings.